The van der Waals surface area contributed by atoms with Crippen LogP contribution >= 0.6 is 0 Å². The van der Waals surface area contributed by atoms with Crippen LogP contribution in [-0.2, 0) is 32.6 Å². The van der Waals surface area contributed by atoms with Crippen molar-refractivity contribution >= 4 is 38.3 Å². The van der Waals surface area contributed by atoms with Crippen LogP contribution in [-0.4, -0.2) is 49.5 Å². The topological polar surface area (TPSA) is 86.8 Å². The van der Waals surface area contributed by atoms with Gasteiger partial charge in [0, 0.05) is 23.9 Å². The third-order valence-electron chi connectivity index (χ3n) is 6.68. The van der Waals surface area contributed by atoms with Gasteiger partial charge in [-0.25, -0.2) is 8.42 Å². The predicted octanol–water partition coefficient (Wildman–Crippen LogP) is 5.16. The number of sulfonamides is 1. The summed E-state index contributed by atoms with van der Waals surface area (Å²) in [5, 5.41) is 4.61. The van der Waals surface area contributed by atoms with Gasteiger partial charge in [-0.05, 0) is 43.4 Å². The summed E-state index contributed by atoms with van der Waals surface area (Å²) in [5.74, 6) is -0.779. The van der Waals surface area contributed by atoms with E-state index in [4.69, 9.17) is 0 Å². The van der Waals surface area contributed by atoms with Crippen LogP contribution in [0.4, 0.5) is 5.69 Å². The van der Waals surface area contributed by atoms with Crippen molar-refractivity contribution in [2.45, 2.75) is 45.3 Å². The summed E-state index contributed by atoms with van der Waals surface area (Å²) in [4.78, 5) is 29.6. The molecular weight excluding hydrogens is 534 g/mol. The molecule has 0 aliphatic heterocycles. The van der Waals surface area contributed by atoms with Crippen LogP contribution in [0.25, 0.3) is 10.8 Å². The molecule has 1 N–H and O–H groups in total. The molecule has 0 fully saturated rings. The molecule has 4 aromatic rings. The van der Waals surface area contributed by atoms with Crippen molar-refractivity contribution in [3.63, 3.8) is 0 Å². The highest BCUT2D eigenvalue weighted by atomic mass is 32.2. The lowest BCUT2D eigenvalue weighted by Crippen LogP contribution is -2.56. The molecule has 4 rings (SSSR count). The van der Waals surface area contributed by atoms with Crippen LogP contribution in [0.3, 0.4) is 0 Å². The Labute approximate surface area is 242 Å². The molecule has 4 aromatic carbocycles. The van der Waals surface area contributed by atoms with E-state index in [1.165, 1.54) is 4.90 Å². The molecule has 41 heavy (non-hydrogen) atoms. The quantitative estimate of drug-likeness (QED) is 0.285. The number of rotatable bonds is 10. The zero-order valence-corrected chi connectivity index (χ0v) is 24.8. The van der Waals surface area contributed by atoms with Gasteiger partial charge >= 0.3 is 0 Å². The number of carbonyl (C=O) groups is 2. The van der Waals surface area contributed by atoms with Crippen LogP contribution in [0.1, 0.15) is 31.9 Å². The van der Waals surface area contributed by atoms with Gasteiger partial charge < -0.3 is 10.2 Å². The summed E-state index contributed by atoms with van der Waals surface area (Å²) in [6.45, 7) is 5.36. The van der Waals surface area contributed by atoms with E-state index < -0.39 is 34.1 Å². The minimum atomic E-state index is -3.86. The van der Waals surface area contributed by atoms with Gasteiger partial charge in [-0.15, -0.1) is 0 Å². The van der Waals surface area contributed by atoms with Gasteiger partial charge in [0.05, 0.1) is 11.9 Å². The Kier molecular flexibility index (Phi) is 9.13. The van der Waals surface area contributed by atoms with Crippen molar-refractivity contribution in [2.75, 3.05) is 17.1 Å². The third-order valence-corrected chi connectivity index (χ3v) is 7.81. The average molecular weight is 572 g/mol. The Bertz CT molecular complexity index is 1590. The second kappa shape index (κ2) is 12.6. The molecule has 0 saturated carbocycles. The van der Waals surface area contributed by atoms with Gasteiger partial charge in [0.25, 0.3) is 0 Å². The first-order valence-electron chi connectivity index (χ1n) is 13.6. The summed E-state index contributed by atoms with van der Waals surface area (Å²) in [7, 11) is -3.86. The standard InChI is InChI=1S/C33H37N3O4S/c1-33(2,3)34-32(38)30(22-25-14-7-5-8-15-25)35(23-26-16-9-6-10-17-26)31(37)24-36(41(4,39)40)29-21-13-19-27-18-11-12-20-28(27)29/h5-21,30H,22-24H2,1-4H3,(H,34,38)/t30-/m1/s1. The Morgan fingerprint density at radius 3 is 1.95 bits per heavy atom. The Morgan fingerprint density at radius 2 is 1.34 bits per heavy atom. The summed E-state index contributed by atoms with van der Waals surface area (Å²) in [6, 6.07) is 30.9. The molecule has 0 spiro atoms. The number of amides is 2. The van der Waals surface area contributed by atoms with Crippen LogP contribution < -0.4 is 9.62 Å². The third kappa shape index (κ3) is 7.95. The van der Waals surface area contributed by atoms with Gasteiger partial charge in [0.15, 0.2) is 0 Å². The number of nitrogens with one attached hydrogen (secondary N) is 1. The fourth-order valence-corrected chi connectivity index (χ4v) is 5.67. The van der Waals surface area contributed by atoms with Crippen LogP contribution in [0.15, 0.2) is 103 Å². The van der Waals surface area contributed by atoms with Crippen molar-refractivity contribution in [3.05, 3.63) is 114 Å². The van der Waals surface area contributed by atoms with E-state index in [-0.39, 0.29) is 18.9 Å². The summed E-state index contributed by atoms with van der Waals surface area (Å²) < 4.78 is 27.4. The molecule has 8 heteroatoms. The van der Waals surface area contributed by atoms with E-state index >= 15 is 0 Å². The first-order chi connectivity index (χ1) is 19.4. The molecule has 2 amide bonds. The lowest BCUT2D eigenvalue weighted by Gasteiger charge is -2.35. The molecule has 0 unspecified atom stereocenters. The second-order valence-corrected chi connectivity index (χ2v) is 13.1. The Hall–Kier alpha value is -4.17. The number of anilines is 1. The maximum atomic E-state index is 14.3. The molecule has 0 bridgehead atoms. The van der Waals surface area contributed by atoms with Crippen LogP contribution in [0.2, 0.25) is 0 Å². The molecule has 0 radical (unpaired) electrons. The number of hydrogen-bond acceptors (Lipinski definition) is 4. The molecule has 0 heterocycles. The molecule has 0 saturated heterocycles. The minimum absolute atomic E-state index is 0.141. The predicted molar refractivity (Wildman–Crippen MR) is 165 cm³/mol. The van der Waals surface area contributed by atoms with Crippen molar-refractivity contribution in [3.8, 4) is 0 Å². The molecule has 0 aliphatic rings. The number of carbonyl (C=O) groups excluding carboxylic acids is 2. The van der Waals surface area contributed by atoms with Gasteiger partial charge in [-0.1, -0.05) is 97.1 Å². The first-order valence-corrected chi connectivity index (χ1v) is 15.4. The Morgan fingerprint density at radius 1 is 0.780 bits per heavy atom. The van der Waals surface area contributed by atoms with Gasteiger partial charge in [-0.3, -0.25) is 13.9 Å². The monoisotopic (exact) mass is 571 g/mol. The summed E-state index contributed by atoms with van der Waals surface area (Å²) in [5.41, 5.74) is 1.60. The molecular formula is C33H37N3O4S. The lowest BCUT2D eigenvalue weighted by atomic mass is 10.0. The molecule has 7 nitrogen and oxygen atoms in total. The van der Waals surface area contributed by atoms with Gasteiger partial charge in [0.1, 0.15) is 12.6 Å². The fraction of sp³-hybridized carbons (Fsp3) is 0.273. The highest BCUT2D eigenvalue weighted by molar-refractivity contribution is 7.92. The molecule has 1 atom stereocenters. The number of nitrogens with zero attached hydrogens (tertiary/aromatic N) is 2. The molecule has 0 aliphatic carbocycles. The first kappa shape index (κ1) is 29.8. The van der Waals surface area contributed by atoms with E-state index in [1.54, 1.807) is 12.1 Å². The number of fused-ring (bicyclic) bond motifs is 1. The van der Waals surface area contributed by atoms with Crippen molar-refractivity contribution in [2.24, 2.45) is 0 Å². The minimum Gasteiger partial charge on any atom is -0.350 e. The van der Waals surface area contributed by atoms with Crippen LogP contribution in [0.5, 0.6) is 0 Å². The highest BCUT2D eigenvalue weighted by Crippen LogP contribution is 2.29. The van der Waals surface area contributed by atoms with E-state index in [0.717, 1.165) is 27.1 Å². The summed E-state index contributed by atoms with van der Waals surface area (Å²) in [6.07, 6.45) is 1.37. The van der Waals surface area contributed by atoms with Crippen molar-refractivity contribution in [1.29, 1.82) is 0 Å². The van der Waals surface area contributed by atoms with Crippen molar-refractivity contribution < 1.29 is 18.0 Å². The van der Waals surface area contributed by atoms with E-state index in [9.17, 15) is 18.0 Å². The lowest BCUT2D eigenvalue weighted by molar-refractivity contribution is -0.140. The number of hydrogen-bond donors (Lipinski definition) is 1. The SMILES string of the molecule is CC(C)(C)NC(=O)[C@@H](Cc1ccccc1)N(Cc1ccccc1)C(=O)CN(c1cccc2ccccc12)S(C)(=O)=O. The average Bonchev–Trinajstić information content (AvgIpc) is 2.93. The van der Waals surface area contributed by atoms with E-state index in [1.807, 2.05) is 112 Å². The zero-order valence-electron chi connectivity index (χ0n) is 23.9. The van der Waals surface area contributed by atoms with Gasteiger partial charge in [-0.2, -0.15) is 0 Å². The largest absolute Gasteiger partial charge is 0.350 e. The van der Waals surface area contributed by atoms with E-state index in [2.05, 4.69) is 5.32 Å². The molecule has 214 valence electrons. The zero-order chi connectivity index (χ0) is 29.6. The second-order valence-electron chi connectivity index (χ2n) is 11.2. The van der Waals surface area contributed by atoms with Crippen molar-refractivity contribution in [1.82, 2.24) is 10.2 Å². The number of benzene rings is 4. The van der Waals surface area contributed by atoms with Crippen LogP contribution in [0, 0.1) is 0 Å². The summed E-state index contributed by atoms with van der Waals surface area (Å²) >= 11 is 0. The van der Waals surface area contributed by atoms with E-state index in [0.29, 0.717) is 11.1 Å². The fourth-order valence-electron chi connectivity index (χ4n) is 4.81. The molecule has 0 aromatic heterocycles. The maximum absolute atomic E-state index is 14.3. The highest BCUT2D eigenvalue weighted by Gasteiger charge is 2.34. The van der Waals surface area contributed by atoms with Gasteiger partial charge in [0.2, 0.25) is 21.8 Å². The maximum Gasteiger partial charge on any atom is 0.244 e. The smallest absolute Gasteiger partial charge is 0.244 e. The normalized spacial score (nSPS) is 12.5. The Balaban J connectivity index is 1.78.